The lowest BCUT2D eigenvalue weighted by atomic mass is 10.1. The second-order valence-corrected chi connectivity index (χ2v) is 5.82. The predicted molar refractivity (Wildman–Crippen MR) is 78.6 cm³/mol. The zero-order valence-corrected chi connectivity index (χ0v) is 12.4. The summed E-state index contributed by atoms with van der Waals surface area (Å²) in [5, 5.41) is 15.6. The number of aryl methyl sites for hydroxylation is 1. The van der Waals surface area contributed by atoms with Crippen LogP contribution in [-0.2, 0) is 0 Å². The molecule has 1 aliphatic heterocycles. The summed E-state index contributed by atoms with van der Waals surface area (Å²) < 4.78 is 1.09. The molecule has 1 fully saturated rings. The van der Waals surface area contributed by atoms with Gasteiger partial charge in [0.2, 0.25) is 0 Å². The van der Waals surface area contributed by atoms with Crippen LogP contribution in [0.4, 0.5) is 0 Å². The second kappa shape index (κ2) is 5.99. The Bertz CT molecular complexity index is 451. The van der Waals surface area contributed by atoms with Gasteiger partial charge in [-0.3, -0.25) is 4.79 Å². The number of amides is 1. The van der Waals surface area contributed by atoms with E-state index in [9.17, 15) is 9.90 Å². The maximum atomic E-state index is 12.0. The Morgan fingerprint density at radius 3 is 2.94 bits per heavy atom. The van der Waals surface area contributed by atoms with Crippen molar-refractivity contribution in [3.8, 4) is 0 Å². The van der Waals surface area contributed by atoms with E-state index in [0.29, 0.717) is 18.7 Å². The number of aliphatic hydroxyl groups is 1. The van der Waals surface area contributed by atoms with Crippen LogP contribution in [0.25, 0.3) is 0 Å². The van der Waals surface area contributed by atoms with Gasteiger partial charge in [0.25, 0.3) is 5.91 Å². The van der Waals surface area contributed by atoms with Gasteiger partial charge in [-0.05, 0) is 47.2 Å². The number of hydrogen-bond donors (Lipinski definition) is 3. The molecule has 0 aliphatic carbocycles. The largest absolute Gasteiger partial charge is 0.391 e. The number of nitrogens with one attached hydrogen (secondary N) is 2. The van der Waals surface area contributed by atoms with Gasteiger partial charge in [-0.15, -0.1) is 0 Å². The van der Waals surface area contributed by atoms with Crippen LogP contribution in [0.1, 0.15) is 15.9 Å². The number of hydrogen-bond acceptors (Lipinski definition) is 3. The van der Waals surface area contributed by atoms with Crippen LogP contribution in [0, 0.1) is 16.4 Å². The number of aliphatic hydroxyl groups excluding tert-OH is 1. The molecule has 18 heavy (non-hydrogen) atoms. The highest BCUT2D eigenvalue weighted by atomic mass is 127. The van der Waals surface area contributed by atoms with E-state index in [1.807, 2.05) is 25.1 Å². The molecule has 0 saturated carbocycles. The highest BCUT2D eigenvalue weighted by molar-refractivity contribution is 14.1. The summed E-state index contributed by atoms with van der Waals surface area (Å²) in [6, 6.07) is 5.66. The normalized spacial score (nSPS) is 23.1. The standard InChI is InChI=1S/C13H17IN2O2/c1-8-2-3-9(4-11(8)14)13(18)16-6-10-5-15-7-12(10)17/h2-4,10,12,15,17H,5-7H2,1H3,(H,16,18). The van der Waals surface area contributed by atoms with Crippen molar-refractivity contribution in [1.82, 2.24) is 10.6 Å². The van der Waals surface area contributed by atoms with Gasteiger partial charge in [-0.25, -0.2) is 0 Å². The molecule has 0 bridgehead atoms. The zero-order valence-electron chi connectivity index (χ0n) is 10.2. The fraction of sp³-hybridized carbons (Fsp3) is 0.462. The highest BCUT2D eigenvalue weighted by Crippen LogP contribution is 2.14. The average Bonchev–Trinajstić information content (AvgIpc) is 2.75. The molecular weight excluding hydrogens is 343 g/mol. The maximum Gasteiger partial charge on any atom is 0.251 e. The molecule has 98 valence electrons. The van der Waals surface area contributed by atoms with Gasteiger partial charge in [0.15, 0.2) is 0 Å². The first kappa shape index (κ1) is 13.8. The molecule has 2 unspecified atom stereocenters. The fourth-order valence-corrected chi connectivity index (χ4v) is 2.50. The summed E-state index contributed by atoms with van der Waals surface area (Å²) in [5.41, 5.74) is 1.84. The van der Waals surface area contributed by atoms with Crippen LogP contribution in [0.3, 0.4) is 0 Å². The number of benzene rings is 1. The molecule has 2 atom stereocenters. The van der Waals surface area contributed by atoms with Gasteiger partial charge < -0.3 is 15.7 Å². The molecule has 3 N–H and O–H groups in total. The van der Waals surface area contributed by atoms with Crippen LogP contribution in [0.15, 0.2) is 18.2 Å². The number of β-amino-alcohol motifs (C(OH)–C–C–N with tert-alkyl or cyclic N) is 1. The maximum absolute atomic E-state index is 12.0. The molecule has 1 aliphatic rings. The Morgan fingerprint density at radius 2 is 2.33 bits per heavy atom. The van der Waals surface area contributed by atoms with Crippen molar-refractivity contribution < 1.29 is 9.90 Å². The molecule has 1 aromatic carbocycles. The minimum Gasteiger partial charge on any atom is -0.391 e. The summed E-state index contributed by atoms with van der Waals surface area (Å²) in [4.78, 5) is 12.0. The third kappa shape index (κ3) is 3.21. The van der Waals surface area contributed by atoms with E-state index in [-0.39, 0.29) is 17.9 Å². The number of halogens is 1. The van der Waals surface area contributed by atoms with E-state index in [0.717, 1.165) is 10.1 Å². The molecular formula is C13H17IN2O2. The first-order chi connectivity index (χ1) is 8.58. The zero-order chi connectivity index (χ0) is 13.1. The molecule has 1 heterocycles. The summed E-state index contributed by atoms with van der Waals surface area (Å²) >= 11 is 2.22. The number of carbonyl (C=O) groups excluding carboxylic acids is 1. The van der Waals surface area contributed by atoms with E-state index in [2.05, 4.69) is 33.2 Å². The Balaban J connectivity index is 1.93. The van der Waals surface area contributed by atoms with E-state index >= 15 is 0 Å². The van der Waals surface area contributed by atoms with Gasteiger partial charge in [-0.2, -0.15) is 0 Å². The quantitative estimate of drug-likeness (QED) is 0.703. The summed E-state index contributed by atoms with van der Waals surface area (Å²) in [5.74, 6) is 0.0329. The van der Waals surface area contributed by atoms with Crippen LogP contribution < -0.4 is 10.6 Å². The van der Waals surface area contributed by atoms with E-state index in [1.54, 1.807) is 0 Å². The van der Waals surface area contributed by atoms with Crippen molar-refractivity contribution in [1.29, 1.82) is 0 Å². The van der Waals surface area contributed by atoms with Gasteiger partial charge in [0, 0.05) is 34.7 Å². The molecule has 5 heteroatoms. The van der Waals surface area contributed by atoms with E-state index < -0.39 is 0 Å². The molecule has 4 nitrogen and oxygen atoms in total. The fourth-order valence-electron chi connectivity index (χ4n) is 1.99. The Labute approximate surface area is 120 Å². The first-order valence-electron chi connectivity index (χ1n) is 6.01. The van der Waals surface area contributed by atoms with Crippen LogP contribution in [-0.4, -0.2) is 36.8 Å². The third-order valence-electron chi connectivity index (χ3n) is 3.26. The van der Waals surface area contributed by atoms with Gasteiger partial charge in [0.05, 0.1) is 6.10 Å². The van der Waals surface area contributed by atoms with Crippen molar-refractivity contribution in [2.75, 3.05) is 19.6 Å². The predicted octanol–water partition coefficient (Wildman–Crippen LogP) is 0.910. The summed E-state index contributed by atoms with van der Waals surface area (Å²) in [6.45, 7) is 3.90. The van der Waals surface area contributed by atoms with Crippen molar-refractivity contribution in [3.05, 3.63) is 32.9 Å². The molecule has 0 radical (unpaired) electrons. The van der Waals surface area contributed by atoms with Crippen LogP contribution in [0.2, 0.25) is 0 Å². The highest BCUT2D eigenvalue weighted by Gasteiger charge is 2.25. The van der Waals surface area contributed by atoms with Crippen LogP contribution in [0.5, 0.6) is 0 Å². The molecule has 1 aromatic rings. The van der Waals surface area contributed by atoms with Gasteiger partial charge in [-0.1, -0.05) is 6.07 Å². The van der Waals surface area contributed by atoms with Gasteiger partial charge >= 0.3 is 0 Å². The lowest BCUT2D eigenvalue weighted by molar-refractivity contribution is 0.0927. The molecule has 1 amide bonds. The lowest BCUT2D eigenvalue weighted by Crippen LogP contribution is -2.34. The lowest BCUT2D eigenvalue weighted by Gasteiger charge is -2.14. The smallest absolute Gasteiger partial charge is 0.251 e. The molecule has 1 saturated heterocycles. The number of carbonyl (C=O) groups is 1. The minimum atomic E-state index is -0.358. The Kier molecular flexibility index (Phi) is 4.58. The Morgan fingerprint density at radius 1 is 1.56 bits per heavy atom. The Hall–Kier alpha value is -0.660. The molecule has 0 spiro atoms. The van der Waals surface area contributed by atoms with Crippen LogP contribution >= 0.6 is 22.6 Å². The van der Waals surface area contributed by atoms with Crippen molar-refractivity contribution in [2.24, 2.45) is 5.92 Å². The van der Waals surface area contributed by atoms with E-state index in [1.165, 1.54) is 5.56 Å². The first-order valence-corrected chi connectivity index (χ1v) is 7.09. The van der Waals surface area contributed by atoms with Gasteiger partial charge in [0.1, 0.15) is 0 Å². The van der Waals surface area contributed by atoms with Crippen molar-refractivity contribution >= 4 is 28.5 Å². The minimum absolute atomic E-state index is 0.0768. The van der Waals surface area contributed by atoms with Crippen molar-refractivity contribution in [3.63, 3.8) is 0 Å². The average molecular weight is 360 g/mol. The summed E-state index contributed by atoms with van der Waals surface area (Å²) in [6.07, 6.45) is -0.358. The number of rotatable bonds is 3. The SMILES string of the molecule is Cc1ccc(C(=O)NCC2CNCC2O)cc1I. The van der Waals surface area contributed by atoms with E-state index in [4.69, 9.17) is 0 Å². The topological polar surface area (TPSA) is 61.4 Å². The molecule has 2 rings (SSSR count). The third-order valence-corrected chi connectivity index (χ3v) is 4.43. The van der Waals surface area contributed by atoms with Crippen molar-refractivity contribution in [2.45, 2.75) is 13.0 Å². The monoisotopic (exact) mass is 360 g/mol. The second-order valence-electron chi connectivity index (χ2n) is 4.66. The molecule has 0 aromatic heterocycles. The summed E-state index contributed by atoms with van der Waals surface area (Å²) in [7, 11) is 0.